The molecular formula is C62H81N13O8S. The summed E-state index contributed by atoms with van der Waals surface area (Å²) in [6.45, 7) is 25.5. The zero-order valence-electron chi connectivity index (χ0n) is 50.3. The Morgan fingerprint density at radius 3 is 1.39 bits per heavy atom. The van der Waals surface area contributed by atoms with Gasteiger partial charge < -0.3 is 41.9 Å². The van der Waals surface area contributed by atoms with E-state index in [0.29, 0.717) is 34.5 Å². The second-order valence-corrected chi connectivity index (χ2v) is 25.4. The standard InChI is InChI=1S/C28H36N6O2.C24H31N5O3.C10H11NO2S.H3NO/c1-18(14-29)11-24(35)20-7-9-21(10-8-20)25-19(2)16-32-26(34-25)33-23(15-30)17-31-22-12-27(3,4)36-28(5,6)13-22;1-15-13-27-22(29-20(15)16-6-8-17(9-7-16)21(30)31)28-19(12-25)14-26-18-10-23(2,3)32-24(4,5)11-18;1-8-3-5-10(6-4-8)14(12,13)9(2)7-11;1-2/h7-10,15-18,22H,11-13,30H2,1-6H3,(H,32,33,34);6-9,12-14,18H,10-11,25H2,1-5H3,(H,30,31)(H,27,28,29);3-6,9H,1-2H3;2H,1H2/t18-;;9-;/m1.0./s1. The Morgan fingerprint density at radius 1 is 0.667 bits per heavy atom. The Labute approximate surface area is 494 Å². The zero-order valence-corrected chi connectivity index (χ0v) is 51.1. The first-order chi connectivity index (χ1) is 39.4. The predicted octanol–water partition coefficient (Wildman–Crippen LogP) is 10.4. The van der Waals surface area contributed by atoms with Gasteiger partial charge in [0.25, 0.3) is 0 Å². The van der Waals surface area contributed by atoms with Crippen molar-refractivity contribution >= 4 is 45.9 Å². The van der Waals surface area contributed by atoms with Crippen molar-refractivity contribution in [3.63, 3.8) is 0 Å². The average Bonchev–Trinajstić information content (AvgIpc) is 3.11. The number of Topliss-reactive ketones (excluding diaryl/α,β-unsaturated/α-hetero) is 1. The number of ether oxygens (including phenoxy) is 2. The SMILES string of the molecule is Cc1ccc(S(=O)(=O)[C@@H](C)C#N)cc1.Cc1cnc(NC(C=NC2CC(C)(C)OC(C)(C)C2)=CN)nc1-c1ccc(C(=O)C[C@@H](C)C#N)cc1.Cc1cnc(NC(C=NC2CC(C)(C)OC(C)(C)C2)=CN)nc1-c1ccc(C(=O)O)cc1.NO. The van der Waals surface area contributed by atoms with E-state index in [9.17, 15) is 18.0 Å². The van der Waals surface area contributed by atoms with Gasteiger partial charge >= 0.3 is 5.97 Å². The molecule has 0 amide bonds. The molecule has 7 rings (SSSR count). The second-order valence-electron chi connectivity index (χ2n) is 23.1. The number of benzene rings is 3. The summed E-state index contributed by atoms with van der Waals surface area (Å²) in [6.07, 6.45) is 13.3. The second kappa shape index (κ2) is 29.8. The van der Waals surface area contributed by atoms with E-state index in [1.807, 2.05) is 32.9 Å². The van der Waals surface area contributed by atoms with E-state index in [1.54, 1.807) is 86.3 Å². The molecule has 0 aliphatic carbocycles. The number of nitrogens with one attached hydrogen (secondary N) is 2. The monoisotopic (exact) mass is 1170 g/mol. The number of aliphatic imine (C=N–C) groups is 2. The van der Waals surface area contributed by atoms with Gasteiger partial charge in [0.15, 0.2) is 15.6 Å². The summed E-state index contributed by atoms with van der Waals surface area (Å²) in [5, 5.41) is 38.4. The van der Waals surface area contributed by atoms with Crippen LogP contribution in [-0.2, 0) is 19.3 Å². The van der Waals surface area contributed by atoms with Crippen molar-refractivity contribution in [2.24, 2.45) is 33.3 Å². The minimum atomic E-state index is -3.47. The lowest BCUT2D eigenvalue weighted by molar-refractivity contribution is -0.160. The van der Waals surface area contributed by atoms with E-state index in [4.69, 9.17) is 51.8 Å². The number of aryl methyl sites for hydroxylation is 3. The lowest BCUT2D eigenvalue weighted by atomic mass is 9.85. The van der Waals surface area contributed by atoms with Gasteiger partial charge in [-0.15, -0.1) is 0 Å². The van der Waals surface area contributed by atoms with Gasteiger partial charge in [-0.1, -0.05) is 54.1 Å². The molecule has 0 spiro atoms. The van der Waals surface area contributed by atoms with E-state index in [1.165, 1.54) is 31.5 Å². The Kier molecular flexibility index (Phi) is 24.2. The summed E-state index contributed by atoms with van der Waals surface area (Å²) in [6, 6.07) is 24.4. The highest BCUT2D eigenvalue weighted by Gasteiger charge is 2.40. The third kappa shape index (κ3) is 20.6. The number of hydrogen-bond acceptors (Lipinski definition) is 20. The van der Waals surface area contributed by atoms with Crippen LogP contribution < -0.4 is 28.0 Å². The number of allylic oxidation sites excluding steroid dienone is 2. The van der Waals surface area contributed by atoms with Crippen LogP contribution in [0.25, 0.3) is 22.5 Å². The first kappa shape index (κ1) is 68.3. The van der Waals surface area contributed by atoms with Gasteiger partial charge in [-0.3, -0.25) is 14.8 Å². The van der Waals surface area contributed by atoms with Gasteiger partial charge in [-0.25, -0.2) is 39.0 Å². The van der Waals surface area contributed by atoms with Crippen LogP contribution in [0.5, 0.6) is 0 Å². The number of hydrogen-bond donors (Lipinski definition) is 7. The Bertz CT molecular complexity index is 3350. The molecular weight excluding hydrogens is 1090 g/mol. The predicted molar refractivity (Wildman–Crippen MR) is 328 cm³/mol. The number of aromatic nitrogens is 4. The van der Waals surface area contributed by atoms with Crippen LogP contribution in [0.1, 0.15) is 139 Å². The molecule has 2 saturated heterocycles. The third-order valence-electron chi connectivity index (χ3n) is 13.3. The number of anilines is 2. The highest BCUT2D eigenvalue weighted by Crippen LogP contribution is 2.38. The van der Waals surface area contributed by atoms with Crippen LogP contribution in [0.3, 0.4) is 0 Å². The highest BCUT2D eigenvalue weighted by molar-refractivity contribution is 7.92. The van der Waals surface area contributed by atoms with Crippen molar-refractivity contribution in [2.75, 3.05) is 10.6 Å². The maximum absolute atomic E-state index is 12.4. The van der Waals surface area contributed by atoms with Crippen molar-refractivity contribution in [2.45, 2.75) is 167 Å². The van der Waals surface area contributed by atoms with Crippen LogP contribution >= 0.6 is 0 Å². The first-order valence-corrected chi connectivity index (χ1v) is 28.8. The molecule has 2 aliphatic heterocycles. The fraction of sp³-hybridized carbons (Fsp3) is 0.419. The van der Waals surface area contributed by atoms with Gasteiger partial charge in [0.1, 0.15) is 5.25 Å². The molecule has 448 valence electrons. The Balaban J connectivity index is 0.000000288. The van der Waals surface area contributed by atoms with Crippen molar-refractivity contribution < 1.29 is 37.8 Å². The lowest BCUT2D eigenvalue weighted by Gasteiger charge is -2.44. The third-order valence-corrected chi connectivity index (χ3v) is 15.2. The van der Waals surface area contributed by atoms with E-state index in [-0.39, 0.29) is 63.1 Å². The summed E-state index contributed by atoms with van der Waals surface area (Å²) in [7, 11) is -3.47. The summed E-state index contributed by atoms with van der Waals surface area (Å²) in [5.41, 5.74) is 18.6. The number of carbonyl (C=O) groups is 2. The minimum absolute atomic E-state index is 0.0503. The topological polar surface area (TPSA) is 353 Å². The fourth-order valence-corrected chi connectivity index (χ4v) is 10.8. The molecule has 0 radical (unpaired) electrons. The van der Waals surface area contributed by atoms with Crippen LogP contribution in [0.4, 0.5) is 11.9 Å². The normalized spacial score (nSPS) is 17.3. The fourth-order valence-electron chi connectivity index (χ4n) is 9.77. The summed E-state index contributed by atoms with van der Waals surface area (Å²) in [4.78, 5) is 51.2. The van der Waals surface area contributed by atoms with E-state index < -0.39 is 21.1 Å². The van der Waals surface area contributed by atoms with E-state index >= 15 is 0 Å². The molecule has 0 unspecified atom stereocenters. The molecule has 0 saturated carbocycles. The quantitative estimate of drug-likeness (QED) is 0.0274. The largest absolute Gasteiger partial charge is 0.478 e. The number of nitrogens with zero attached hydrogens (tertiary/aromatic N) is 8. The van der Waals surface area contributed by atoms with Crippen molar-refractivity contribution in [1.82, 2.24) is 19.9 Å². The molecule has 2 aliphatic rings. The summed E-state index contributed by atoms with van der Waals surface area (Å²) >= 11 is 0. The molecule has 84 heavy (non-hydrogen) atoms. The maximum atomic E-state index is 12.4. The number of rotatable bonds is 16. The van der Waals surface area contributed by atoms with Crippen LogP contribution in [0, 0.1) is 49.4 Å². The van der Waals surface area contributed by atoms with Crippen molar-refractivity contribution in [1.29, 1.82) is 10.5 Å². The molecule has 2 aromatic heterocycles. The van der Waals surface area contributed by atoms with Gasteiger partial charge in [0, 0.05) is 60.3 Å². The molecule has 10 N–H and O–H groups in total. The van der Waals surface area contributed by atoms with Gasteiger partial charge in [0.2, 0.25) is 11.9 Å². The highest BCUT2D eigenvalue weighted by atomic mass is 32.2. The van der Waals surface area contributed by atoms with Crippen LogP contribution in [0.2, 0.25) is 0 Å². The smallest absolute Gasteiger partial charge is 0.335 e. The maximum Gasteiger partial charge on any atom is 0.335 e. The number of carboxylic acid groups (broad SMARTS) is 1. The zero-order chi connectivity index (χ0) is 62.8. The van der Waals surface area contributed by atoms with E-state index in [2.05, 4.69) is 97.9 Å². The molecule has 0 bridgehead atoms. The van der Waals surface area contributed by atoms with Gasteiger partial charge in [-0.05, 0) is 151 Å². The molecule has 2 fully saturated rings. The van der Waals surface area contributed by atoms with Crippen LogP contribution in [-0.4, -0.2) is 103 Å². The lowest BCUT2D eigenvalue weighted by Crippen LogP contribution is -2.46. The molecule has 5 aromatic rings. The molecule has 4 heterocycles. The first-order valence-electron chi connectivity index (χ1n) is 27.2. The van der Waals surface area contributed by atoms with Crippen molar-refractivity contribution in [3.05, 3.63) is 137 Å². The van der Waals surface area contributed by atoms with Gasteiger partial charge in [-0.2, -0.15) is 10.5 Å². The van der Waals surface area contributed by atoms with Gasteiger partial charge in [0.05, 0.1) is 85.8 Å². The number of nitriles is 2. The Hall–Kier alpha value is -8.25. The molecule has 22 heteroatoms. The number of aromatic carboxylic acids is 1. The summed E-state index contributed by atoms with van der Waals surface area (Å²) in [5.74, 6) is 2.95. The van der Waals surface area contributed by atoms with Crippen molar-refractivity contribution in [3.8, 4) is 34.7 Å². The number of carboxylic acids is 1. The summed E-state index contributed by atoms with van der Waals surface area (Å²) < 4.78 is 35.6. The number of sulfone groups is 1. The van der Waals surface area contributed by atoms with E-state index in [0.717, 1.165) is 59.2 Å². The molecule has 3 aromatic carbocycles. The number of nitrogens with two attached hydrogens (primary N) is 3. The minimum Gasteiger partial charge on any atom is -0.478 e. The average molecular weight is 1170 g/mol. The molecule has 21 nitrogen and oxygen atoms in total. The molecule has 2 atom stereocenters. The number of carbonyl (C=O) groups excluding carboxylic acids is 1. The number of ketones is 1. The Morgan fingerprint density at radius 2 is 1.05 bits per heavy atom. The van der Waals surface area contributed by atoms with Crippen LogP contribution in [0.15, 0.2) is 124 Å².